The predicted octanol–water partition coefficient (Wildman–Crippen LogP) is 7.04. The number of ether oxygens (including phenoxy) is 4. The number of anilines is 4. The largest absolute Gasteiger partial charge is 0.493 e. The fourth-order valence-corrected chi connectivity index (χ4v) is 8.57. The van der Waals surface area contributed by atoms with Gasteiger partial charge in [-0.3, -0.25) is 24.3 Å². The van der Waals surface area contributed by atoms with Gasteiger partial charge in [-0.05, 0) is 60.6 Å². The summed E-state index contributed by atoms with van der Waals surface area (Å²) >= 11 is 5.48. The molecular formula is C44H47N5O7S2. The number of aliphatic imine (C=N–C) groups is 1. The van der Waals surface area contributed by atoms with Gasteiger partial charge in [-0.25, -0.2) is 0 Å². The Hall–Kier alpha value is -5.47. The summed E-state index contributed by atoms with van der Waals surface area (Å²) in [6.07, 6.45) is 6.80. The summed E-state index contributed by atoms with van der Waals surface area (Å²) in [5.74, 6) is 1.50. The number of benzene rings is 4. The van der Waals surface area contributed by atoms with E-state index in [1.54, 1.807) is 36.4 Å². The Labute approximate surface area is 345 Å². The van der Waals surface area contributed by atoms with Crippen LogP contribution in [-0.4, -0.2) is 81.0 Å². The van der Waals surface area contributed by atoms with Crippen molar-refractivity contribution in [2.24, 2.45) is 4.99 Å². The lowest BCUT2D eigenvalue weighted by Crippen LogP contribution is -2.39. The van der Waals surface area contributed by atoms with Gasteiger partial charge in [0.05, 0.1) is 67.7 Å². The van der Waals surface area contributed by atoms with E-state index in [1.165, 1.54) is 12.7 Å². The fraction of sp³-hybridized carbons (Fsp3) is 0.364. The number of carbonyl (C=O) groups is 3. The molecule has 0 fully saturated rings. The highest BCUT2D eigenvalue weighted by Crippen LogP contribution is 2.43. The van der Waals surface area contributed by atoms with Crippen LogP contribution < -0.4 is 39.4 Å². The molecule has 4 aliphatic heterocycles. The Bertz CT molecular complexity index is 2360. The van der Waals surface area contributed by atoms with Crippen LogP contribution in [0.15, 0.2) is 71.7 Å². The topological polar surface area (TPSA) is 131 Å². The zero-order chi connectivity index (χ0) is 40.7. The van der Waals surface area contributed by atoms with Crippen LogP contribution in [0, 0.1) is 0 Å². The summed E-state index contributed by atoms with van der Waals surface area (Å²) in [5, 5.41) is 6.48. The van der Waals surface area contributed by atoms with Crippen LogP contribution in [-0.2, 0) is 38.3 Å². The lowest BCUT2D eigenvalue weighted by molar-refractivity contribution is -0.116. The molecular weight excluding hydrogens is 775 g/mol. The molecule has 4 heterocycles. The molecule has 0 radical (unpaired) electrons. The predicted molar refractivity (Wildman–Crippen MR) is 232 cm³/mol. The van der Waals surface area contributed by atoms with E-state index >= 15 is 0 Å². The standard InChI is InChI=1S/C44H47N5O7S2/c1-44(2,58(5)57)14-13-41(50)47-28-12-11-27-18-30-25-46-34-23-40(38(54-4)21-32(34)43(52)49(30)36(27)19-28)56-16-8-15-55-39-22-33-31(20-37(39)53-3)42(51)48-29(24-45-33)17-26-9-6-7-10-35(26)48/h6-7,9-12,19-23,25,29-30,45H,8,13-18,24H2,1-5H3,(H,47,50)/t29-,30-,58?/m0/s1. The maximum absolute atomic E-state index is 14.2. The molecule has 4 aliphatic rings. The molecule has 8 rings (SSSR count). The zero-order valence-corrected chi connectivity index (χ0v) is 34.9. The number of amides is 3. The van der Waals surface area contributed by atoms with E-state index < -0.39 is 0 Å². The van der Waals surface area contributed by atoms with Gasteiger partial charge in [0.2, 0.25) is 5.91 Å². The van der Waals surface area contributed by atoms with Crippen LogP contribution in [0.4, 0.5) is 28.4 Å². The second-order valence-electron chi connectivity index (χ2n) is 15.5. The minimum atomic E-state index is -0.282. The van der Waals surface area contributed by atoms with Gasteiger partial charge >= 0.3 is 0 Å². The Morgan fingerprint density at radius 3 is 2.31 bits per heavy atom. The molecule has 0 bridgehead atoms. The highest BCUT2D eigenvalue weighted by atomic mass is 32.8. The molecule has 1 unspecified atom stereocenters. The number of methoxy groups -OCH3 is 2. The van der Waals surface area contributed by atoms with Crippen molar-refractivity contribution in [1.82, 2.24) is 0 Å². The second-order valence-corrected chi connectivity index (χ2v) is 19.0. The average Bonchev–Trinajstić information content (AvgIpc) is 3.70. The van der Waals surface area contributed by atoms with Gasteiger partial charge in [-0.2, -0.15) is 0 Å². The van der Waals surface area contributed by atoms with Crippen molar-refractivity contribution in [3.05, 3.63) is 89.0 Å². The quantitative estimate of drug-likeness (QED) is 0.136. The Kier molecular flexibility index (Phi) is 10.9. The molecule has 2 N–H and O–H groups in total. The lowest BCUT2D eigenvalue weighted by atomic mass is 10.1. The van der Waals surface area contributed by atoms with Crippen LogP contribution >= 0.6 is 0 Å². The third-order valence-corrected chi connectivity index (χ3v) is 14.5. The summed E-state index contributed by atoms with van der Waals surface area (Å²) in [7, 11) is 2.87. The van der Waals surface area contributed by atoms with Crippen LogP contribution in [0.1, 0.15) is 65.0 Å². The minimum absolute atomic E-state index is 0.0243. The third-order valence-electron chi connectivity index (χ3n) is 11.4. The molecule has 0 saturated heterocycles. The van der Waals surface area contributed by atoms with Crippen molar-refractivity contribution in [1.29, 1.82) is 0 Å². The number of hydrogen-bond acceptors (Lipinski definition) is 10. The molecule has 14 heteroatoms. The van der Waals surface area contributed by atoms with E-state index in [0.717, 1.165) is 23.4 Å². The van der Waals surface area contributed by atoms with Crippen molar-refractivity contribution in [2.75, 3.05) is 60.7 Å². The number of hydrogen-bond donors (Lipinski definition) is 2. The maximum Gasteiger partial charge on any atom is 0.261 e. The summed E-state index contributed by atoms with van der Waals surface area (Å²) in [6.45, 7) is 5.43. The first-order chi connectivity index (χ1) is 27.9. The van der Waals surface area contributed by atoms with Crippen molar-refractivity contribution in [2.45, 2.75) is 62.8 Å². The summed E-state index contributed by atoms with van der Waals surface area (Å²) in [6, 6.07) is 20.5. The minimum Gasteiger partial charge on any atom is -0.493 e. The normalized spacial score (nSPS) is 18.0. The van der Waals surface area contributed by atoms with Gasteiger partial charge in [-0.15, -0.1) is 9.45 Å². The first kappa shape index (κ1) is 39.4. The van der Waals surface area contributed by atoms with Gasteiger partial charge in [-0.1, -0.05) is 49.3 Å². The number of para-hydroxylation sites is 1. The van der Waals surface area contributed by atoms with Gasteiger partial charge in [0.15, 0.2) is 23.0 Å². The Morgan fingerprint density at radius 2 is 1.57 bits per heavy atom. The molecule has 4 aromatic carbocycles. The number of nitrogens with one attached hydrogen (secondary N) is 2. The van der Waals surface area contributed by atoms with Crippen LogP contribution in [0.2, 0.25) is 0 Å². The van der Waals surface area contributed by atoms with Crippen LogP contribution in [0.3, 0.4) is 0 Å². The van der Waals surface area contributed by atoms with Crippen molar-refractivity contribution < 1.29 is 33.3 Å². The lowest BCUT2D eigenvalue weighted by Gasteiger charge is -2.24. The van der Waals surface area contributed by atoms with Gasteiger partial charge < -0.3 is 34.5 Å². The fourth-order valence-electron chi connectivity index (χ4n) is 7.93. The first-order valence-corrected chi connectivity index (χ1v) is 22.0. The van der Waals surface area contributed by atoms with E-state index in [9.17, 15) is 14.4 Å². The van der Waals surface area contributed by atoms with Gasteiger partial charge in [0.25, 0.3) is 11.8 Å². The monoisotopic (exact) mass is 821 g/mol. The molecule has 3 amide bonds. The first-order valence-electron chi connectivity index (χ1n) is 19.4. The maximum atomic E-state index is 14.2. The molecule has 302 valence electrons. The zero-order valence-electron chi connectivity index (χ0n) is 33.3. The van der Waals surface area contributed by atoms with E-state index in [4.69, 9.17) is 35.1 Å². The SMILES string of the molecule is COc1cc2c(cc1OCCCOc1cc3c(cc1OC)C(=O)N1c4ccccc4C[C@H]1CN3)N=C[C@@H]1Cc3ccc(NC(=O)CCC(C)(C)S(C)=S)cc3N1C2=O. The van der Waals surface area contributed by atoms with E-state index in [-0.39, 0.29) is 44.0 Å². The number of rotatable bonds is 13. The van der Waals surface area contributed by atoms with E-state index in [0.29, 0.717) is 96.6 Å². The highest BCUT2D eigenvalue weighted by molar-refractivity contribution is 8.29. The molecule has 0 saturated carbocycles. The van der Waals surface area contributed by atoms with Crippen molar-refractivity contribution in [3.63, 3.8) is 0 Å². The summed E-state index contributed by atoms with van der Waals surface area (Å²) in [5.41, 5.74) is 6.62. The molecule has 4 aromatic rings. The highest BCUT2D eigenvalue weighted by Gasteiger charge is 2.39. The molecule has 58 heavy (non-hydrogen) atoms. The van der Waals surface area contributed by atoms with E-state index in [2.05, 4.69) is 30.5 Å². The Balaban J connectivity index is 0.909. The second kappa shape index (κ2) is 16.1. The van der Waals surface area contributed by atoms with Crippen molar-refractivity contribution >= 4 is 73.0 Å². The van der Waals surface area contributed by atoms with Gasteiger partial charge in [0, 0.05) is 60.3 Å². The molecule has 0 spiro atoms. The van der Waals surface area contributed by atoms with Crippen LogP contribution in [0.25, 0.3) is 0 Å². The van der Waals surface area contributed by atoms with Crippen molar-refractivity contribution in [3.8, 4) is 23.0 Å². The van der Waals surface area contributed by atoms with Crippen LogP contribution in [0.5, 0.6) is 23.0 Å². The third kappa shape index (κ3) is 7.50. The number of nitrogens with zero attached hydrogens (tertiary/aromatic N) is 3. The summed E-state index contributed by atoms with van der Waals surface area (Å²) in [4.78, 5) is 49.2. The van der Waals surface area contributed by atoms with E-state index in [1.807, 2.05) is 53.6 Å². The number of fused-ring (bicyclic) bond motifs is 8. The molecule has 0 aliphatic carbocycles. The Morgan fingerprint density at radius 1 is 0.879 bits per heavy atom. The average molecular weight is 822 g/mol. The number of carbonyl (C=O) groups excluding carboxylic acids is 3. The summed E-state index contributed by atoms with van der Waals surface area (Å²) < 4.78 is 23.6. The molecule has 3 atom stereocenters. The molecule has 12 nitrogen and oxygen atoms in total. The smallest absolute Gasteiger partial charge is 0.261 e. The molecule has 0 aromatic heterocycles. The van der Waals surface area contributed by atoms with Gasteiger partial charge in [0.1, 0.15) is 0 Å².